The summed E-state index contributed by atoms with van der Waals surface area (Å²) in [6.45, 7) is 0.445. The molecule has 0 spiro atoms. The Labute approximate surface area is 223 Å². The number of amides is 2. The fourth-order valence-corrected chi connectivity index (χ4v) is 4.44. The minimum atomic E-state index is -0.342. The van der Waals surface area contributed by atoms with Crippen LogP contribution in [0.4, 0.5) is 5.69 Å². The highest BCUT2D eigenvalue weighted by Gasteiger charge is 2.21. The van der Waals surface area contributed by atoms with E-state index in [2.05, 4.69) is 5.32 Å². The number of rotatable bonds is 8. The molecule has 0 saturated heterocycles. The average molecular weight is 497 g/mol. The van der Waals surface area contributed by atoms with E-state index >= 15 is 0 Å². The molecule has 0 aliphatic rings. The minimum absolute atomic E-state index is 0.0702. The number of hydrogen-bond acceptors (Lipinski definition) is 2. The Morgan fingerprint density at radius 1 is 0.553 bits per heavy atom. The zero-order chi connectivity index (χ0) is 26.2. The normalized spacial score (nSPS) is 11.4. The molecule has 1 atom stereocenters. The first-order chi connectivity index (χ1) is 18.7. The molecule has 5 rings (SSSR count). The predicted octanol–water partition coefficient (Wildman–Crippen LogP) is 7.05. The molecule has 0 aliphatic heterocycles. The number of hydrogen-bond donors (Lipinski definition) is 1. The van der Waals surface area contributed by atoms with Crippen molar-refractivity contribution in [2.45, 2.75) is 12.6 Å². The van der Waals surface area contributed by atoms with Crippen molar-refractivity contribution in [3.8, 4) is 0 Å². The van der Waals surface area contributed by atoms with Crippen LogP contribution in [0, 0.1) is 0 Å². The number of benzene rings is 5. The highest BCUT2D eigenvalue weighted by Crippen LogP contribution is 2.27. The molecule has 0 fully saturated rings. The molecule has 2 amide bonds. The third-order valence-electron chi connectivity index (χ3n) is 6.43. The van der Waals surface area contributed by atoms with Crippen molar-refractivity contribution < 1.29 is 9.59 Å². The van der Waals surface area contributed by atoms with E-state index in [-0.39, 0.29) is 17.9 Å². The standard InChI is InChI=1S/C34H28N2O2/c37-33(29-17-9-3-10-18-29)35-32(27-15-7-2-8-16-27)28-21-23-31(24-22-28)36(25-26-13-5-1-6-14-26)34(38)30-19-11-4-12-20-30/h1-24,32H,25H2,(H,35,37). The van der Waals surface area contributed by atoms with E-state index in [1.165, 1.54) is 0 Å². The van der Waals surface area contributed by atoms with Crippen LogP contribution >= 0.6 is 0 Å². The van der Waals surface area contributed by atoms with Crippen LogP contribution in [0.2, 0.25) is 0 Å². The van der Waals surface area contributed by atoms with Crippen LogP contribution < -0.4 is 10.2 Å². The highest BCUT2D eigenvalue weighted by molar-refractivity contribution is 6.06. The Bertz CT molecular complexity index is 1470. The molecule has 0 bridgehead atoms. The largest absolute Gasteiger partial charge is 0.341 e. The maximum Gasteiger partial charge on any atom is 0.258 e. The number of nitrogens with zero attached hydrogens (tertiary/aromatic N) is 1. The number of anilines is 1. The van der Waals surface area contributed by atoms with Gasteiger partial charge in [0, 0.05) is 16.8 Å². The van der Waals surface area contributed by atoms with Gasteiger partial charge in [-0.1, -0.05) is 109 Å². The van der Waals surface area contributed by atoms with E-state index in [0.29, 0.717) is 17.7 Å². The first-order valence-corrected chi connectivity index (χ1v) is 12.6. The summed E-state index contributed by atoms with van der Waals surface area (Å²) < 4.78 is 0. The summed E-state index contributed by atoms with van der Waals surface area (Å²) in [6.07, 6.45) is 0. The topological polar surface area (TPSA) is 49.4 Å². The molecule has 5 aromatic rings. The second kappa shape index (κ2) is 11.8. The lowest BCUT2D eigenvalue weighted by Gasteiger charge is -2.25. The lowest BCUT2D eigenvalue weighted by molar-refractivity contribution is 0.0941. The zero-order valence-corrected chi connectivity index (χ0v) is 20.9. The van der Waals surface area contributed by atoms with Crippen LogP contribution in [0.5, 0.6) is 0 Å². The number of carbonyl (C=O) groups excluding carboxylic acids is 2. The van der Waals surface area contributed by atoms with Gasteiger partial charge in [0.15, 0.2) is 0 Å². The molecule has 0 aliphatic carbocycles. The van der Waals surface area contributed by atoms with Gasteiger partial charge < -0.3 is 10.2 Å². The van der Waals surface area contributed by atoms with Crippen molar-refractivity contribution >= 4 is 17.5 Å². The van der Waals surface area contributed by atoms with Crippen molar-refractivity contribution in [3.05, 3.63) is 173 Å². The summed E-state index contributed by atoms with van der Waals surface area (Å²) in [7, 11) is 0. The van der Waals surface area contributed by atoms with E-state index in [9.17, 15) is 9.59 Å². The van der Waals surface area contributed by atoms with Crippen LogP contribution in [0.1, 0.15) is 43.4 Å². The lowest BCUT2D eigenvalue weighted by Crippen LogP contribution is -2.31. The quantitative estimate of drug-likeness (QED) is 0.250. The molecule has 0 saturated carbocycles. The summed E-state index contributed by atoms with van der Waals surface area (Å²) in [5.74, 6) is -0.215. The molecule has 1 N–H and O–H groups in total. The summed E-state index contributed by atoms with van der Waals surface area (Å²) in [5, 5.41) is 3.18. The maximum atomic E-state index is 13.6. The maximum absolute atomic E-state index is 13.6. The fourth-order valence-electron chi connectivity index (χ4n) is 4.44. The molecule has 0 radical (unpaired) electrons. The van der Waals surface area contributed by atoms with Crippen LogP contribution in [-0.2, 0) is 6.54 Å². The third kappa shape index (κ3) is 5.88. The van der Waals surface area contributed by atoms with Crippen molar-refractivity contribution in [1.82, 2.24) is 5.32 Å². The van der Waals surface area contributed by atoms with Crippen LogP contribution in [0.15, 0.2) is 146 Å². The van der Waals surface area contributed by atoms with E-state index in [0.717, 1.165) is 22.4 Å². The Morgan fingerprint density at radius 2 is 1.03 bits per heavy atom. The molecular formula is C34H28N2O2. The Kier molecular flexibility index (Phi) is 7.71. The smallest absolute Gasteiger partial charge is 0.258 e. The molecule has 186 valence electrons. The van der Waals surface area contributed by atoms with Gasteiger partial charge >= 0.3 is 0 Å². The molecule has 0 heterocycles. The van der Waals surface area contributed by atoms with Crippen molar-refractivity contribution in [2.24, 2.45) is 0 Å². The van der Waals surface area contributed by atoms with Gasteiger partial charge in [-0.3, -0.25) is 9.59 Å². The third-order valence-corrected chi connectivity index (χ3v) is 6.43. The van der Waals surface area contributed by atoms with Gasteiger partial charge in [-0.2, -0.15) is 0 Å². The zero-order valence-electron chi connectivity index (χ0n) is 20.9. The molecule has 1 unspecified atom stereocenters. The van der Waals surface area contributed by atoms with Crippen LogP contribution in [0.25, 0.3) is 0 Å². The molecule has 38 heavy (non-hydrogen) atoms. The Morgan fingerprint density at radius 3 is 1.61 bits per heavy atom. The van der Waals surface area contributed by atoms with Gasteiger partial charge in [-0.05, 0) is 53.1 Å². The monoisotopic (exact) mass is 496 g/mol. The molecular weight excluding hydrogens is 468 g/mol. The summed E-state index contributed by atoms with van der Waals surface area (Å²) in [6, 6.07) is 45.9. The SMILES string of the molecule is O=C(NC(c1ccccc1)c1ccc(N(Cc2ccccc2)C(=O)c2ccccc2)cc1)c1ccccc1. The van der Waals surface area contributed by atoms with Crippen molar-refractivity contribution in [3.63, 3.8) is 0 Å². The van der Waals surface area contributed by atoms with Gasteiger partial charge in [0.25, 0.3) is 11.8 Å². The van der Waals surface area contributed by atoms with Gasteiger partial charge in [0.2, 0.25) is 0 Å². The molecule has 4 nitrogen and oxygen atoms in total. The number of carbonyl (C=O) groups is 2. The summed E-state index contributed by atoms with van der Waals surface area (Å²) in [5.41, 5.74) is 4.96. The van der Waals surface area contributed by atoms with Gasteiger partial charge in [-0.15, -0.1) is 0 Å². The first kappa shape index (κ1) is 24.7. The van der Waals surface area contributed by atoms with E-state index in [1.807, 2.05) is 133 Å². The van der Waals surface area contributed by atoms with Crippen molar-refractivity contribution in [1.29, 1.82) is 0 Å². The predicted molar refractivity (Wildman–Crippen MR) is 152 cm³/mol. The van der Waals surface area contributed by atoms with Crippen LogP contribution in [-0.4, -0.2) is 11.8 Å². The highest BCUT2D eigenvalue weighted by atomic mass is 16.2. The second-order valence-corrected chi connectivity index (χ2v) is 9.02. The average Bonchev–Trinajstić information content (AvgIpc) is 3.00. The van der Waals surface area contributed by atoms with E-state index < -0.39 is 0 Å². The van der Waals surface area contributed by atoms with Crippen LogP contribution in [0.3, 0.4) is 0 Å². The van der Waals surface area contributed by atoms with Gasteiger partial charge in [0.05, 0.1) is 12.6 Å². The summed E-state index contributed by atoms with van der Waals surface area (Å²) in [4.78, 5) is 28.4. The Hall–Kier alpha value is -4.96. The minimum Gasteiger partial charge on any atom is -0.341 e. The molecule has 5 aromatic carbocycles. The summed E-state index contributed by atoms with van der Waals surface area (Å²) >= 11 is 0. The van der Waals surface area contributed by atoms with E-state index in [1.54, 1.807) is 17.0 Å². The molecule has 0 aromatic heterocycles. The van der Waals surface area contributed by atoms with E-state index in [4.69, 9.17) is 0 Å². The Balaban J connectivity index is 1.47. The van der Waals surface area contributed by atoms with Gasteiger partial charge in [0.1, 0.15) is 0 Å². The lowest BCUT2D eigenvalue weighted by atomic mass is 9.97. The number of nitrogens with one attached hydrogen (secondary N) is 1. The molecule has 4 heteroatoms. The second-order valence-electron chi connectivity index (χ2n) is 9.02. The fraction of sp³-hybridized carbons (Fsp3) is 0.0588. The van der Waals surface area contributed by atoms with Crippen molar-refractivity contribution in [2.75, 3.05) is 4.90 Å². The van der Waals surface area contributed by atoms with Gasteiger partial charge in [-0.25, -0.2) is 0 Å². The first-order valence-electron chi connectivity index (χ1n) is 12.6.